The molecule has 9 N–H and O–H groups in total. The fraction of sp³-hybridized carbons (Fsp3) is 0.519. The Morgan fingerprint density at radius 3 is 2.64 bits per heavy atom. The molecule has 1 amide bonds. The number of ether oxygens (including phenoxy) is 1. The molecule has 5 atom stereocenters. The van der Waals surface area contributed by atoms with Crippen LogP contribution in [0.2, 0.25) is 0 Å². The molecule has 4 aliphatic rings. The molecule has 1 aromatic rings. The van der Waals surface area contributed by atoms with Crippen molar-refractivity contribution < 1.29 is 39.5 Å². The number of rotatable bonds is 6. The molecule has 1 heterocycles. The van der Waals surface area contributed by atoms with E-state index in [4.69, 9.17) is 16.2 Å². The maximum Gasteiger partial charge on any atom is 0.255 e. The first-order chi connectivity index (χ1) is 18.5. The van der Waals surface area contributed by atoms with Crippen molar-refractivity contribution >= 4 is 17.5 Å². The molecule has 12 heteroatoms. The first kappa shape index (κ1) is 27.1. The number of carbonyl (C=O) groups excluding carboxylic acids is 3. The number of nitrogens with zero attached hydrogens (tertiary/aromatic N) is 1. The van der Waals surface area contributed by atoms with Crippen molar-refractivity contribution in [2.24, 2.45) is 23.3 Å². The highest BCUT2D eigenvalue weighted by atomic mass is 16.5. The Hall–Kier alpha value is -3.45. The third kappa shape index (κ3) is 3.77. The molecule has 0 radical (unpaired) electrons. The average molecular weight is 543 g/mol. The van der Waals surface area contributed by atoms with Gasteiger partial charge in [-0.25, -0.2) is 0 Å². The van der Waals surface area contributed by atoms with Crippen molar-refractivity contribution in [3.8, 4) is 11.5 Å². The monoisotopic (exact) mass is 542 g/mol. The zero-order chi connectivity index (χ0) is 28.4. The van der Waals surface area contributed by atoms with E-state index in [0.29, 0.717) is 11.3 Å². The maximum atomic E-state index is 13.8. The van der Waals surface area contributed by atoms with E-state index < -0.39 is 58.0 Å². The van der Waals surface area contributed by atoms with Gasteiger partial charge in [-0.1, -0.05) is 0 Å². The third-order valence-electron chi connectivity index (χ3n) is 8.81. The fourth-order valence-corrected chi connectivity index (χ4v) is 6.98. The number of aliphatic hydroxyl groups is 3. The lowest BCUT2D eigenvalue weighted by Gasteiger charge is -2.47. The van der Waals surface area contributed by atoms with Gasteiger partial charge in [-0.3, -0.25) is 19.3 Å². The molecule has 0 spiro atoms. The first-order valence-corrected chi connectivity index (χ1v) is 13.0. The fourth-order valence-electron chi connectivity index (χ4n) is 6.98. The molecule has 0 bridgehead atoms. The molecule has 1 saturated heterocycles. The number of likely N-dealkylation sites (tertiary alicyclic amines) is 1. The summed E-state index contributed by atoms with van der Waals surface area (Å²) in [6.45, 7) is 2.46. The number of phenols is 1. The zero-order valence-corrected chi connectivity index (χ0v) is 21.9. The van der Waals surface area contributed by atoms with E-state index in [9.17, 15) is 34.8 Å². The molecule has 3 aliphatic carbocycles. The molecule has 1 aromatic carbocycles. The molecular formula is C27H34N4O8. The second-order valence-electron chi connectivity index (χ2n) is 10.7. The number of aromatic hydroxyl groups is 1. The highest BCUT2D eigenvalue weighted by Gasteiger charge is 2.62. The lowest BCUT2D eigenvalue weighted by atomic mass is 9.59. The molecular weight excluding hydrogens is 508 g/mol. The topological polar surface area (TPSA) is 209 Å². The summed E-state index contributed by atoms with van der Waals surface area (Å²) < 4.78 is 5.83. The highest BCUT2D eigenvalue weighted by molar-refractivity contribution is 6.24. The molecule has 0 unspecified atom stereocenters. The minimum Gasteiger partial charge on any atom is -0.510 e. The summed E-state index contributed by atoms with van der Waals surface area (Å²) in [7, 11) is 3.38. The van der Waals surface area contributed by atoms with Gasteiger partial charge in [0.1, 0.15) is 28.6 Å². The number of methoxy groups -OCH3 is 1. The number of phenolic OH excluding ortho intramolecular Hbond substituents is 1. The van der Waals surface area contributed by atoms with Gasteiger partial charge in [0.2, 0.25) is 5.78 Å². The van der Waals surface area contributed by atoms with Crippen molar-refractivity contribution in [3.05, 3.63) is 45.4 Å². The SMILES string of the molecule is CNCCN1CCC[C@H]1c1cc(O)c2c(c1OC)C[C@H]1C[C@H]3[C@H](N)C(O)=C(C(N)=O)C(=O)[C@@]3(O)C(O)=C1C2=O. The molecule has 210 valence electrons. The number of hydrogen-bond acceptors (Lipinski definition) is 11. The van der Waals surface area contributed by atoms with Crippen LogP contribution in [0.25, 0.3) is 0 Å². The van der Waals surface area contributed by atoms with Crippen LogP contribution in [0.1, 0.15) is 46.8 Å². The van der Waals surface area contributed by atoms with E-state index in [2.05, 4.69) is 10.2 Å². The molecule has 0 saturated carbocycles. The van der Waals surface area contributed by atoms with E-state index in [1.807, 2.05) is 7.05 Å². The number of ketones is 2. The number of allylic oxidation sites excluding steroid dienone is 1. The summed E-state index contributed by atoms with van der Waals surface area (Å²) in [5, 5.41) is 47.4. The number of fused-ring (bicyclic) bond motifs is 3. The van der Waals surface area contributed by atoms with Crippen LogP contribution in [0.5, 0.6) is 11.5 Å². The summed E-state index contributed by atoms with van der Waals surface area (Å²) in [5.74, 6) is -6.85. The number of primary amides is 1. The molecule has 12 nitrogen and oxygen atoms in total. The van der Waals surface area contributed by atoms with E-state index in [0.717, 1.165) is 38.0 Å². The molecule has 0 aromatic heterocycles. The summed E-state index contributed by atoms with van der Waals surface area (Å²) in [5.41, 5.74) is 8.66. The molecule has 39 heavy (non-hydrogen) atoms. The van der Waals surface area contributed by atoms with Crippen LogP contribution in [-0.4, -0.2) is 88.2 Å². The van der Waals surface area contributed by atoms with Crippen molar-refractivity contribution in [2.45, 2.75) is 43.4 Å². The second kappa shape index (κ2) is 9.63. The maximum absolute atomic E-state index is 13.8. The van der Waals surface area contributed by atoms with Gasteiger partial charge in [-0.15, -0.1) is 0 Å². The van der Waals surface area contributed by atoms with Crippen LogP contribution in [0.15, 0.2) is 28.7 Å². The lowest BCUT2D eigenvalue weighted by molar-refractivity contribution is -0.145. The Balaban J connectivity index is 1.63. The number of hydrogen-bond donors (Lipinski definition) is 7. The minimum absolute atomic E-state index is 0.0277. The Morgan fingerprint density at radius 2 is 2.00 bits per heavy atom. The Morgan fingerprint density at radius 1 is 1.28 bits per heavy atom. The van der Waals surface area contributed by atoms with E-state index in [1.54, 1.807) is 0 Å². The van der Waals surface area contributed by atoms with E-state index in [-0.39, 0.29) is 35.8 Å². The van der Waals surface area contributed by atoms with Crippen LogP contribution in [0.4, 0.5) is 0 Å². The number of Topliss-reactive ketones (excluding diaryl/α,β-unsaturated/α-hetero) is 2. The van der Waals surface area contributed by atoms with Crippen molar-refractivity contribution in [1.29, 1.82) is 0 Å². The minimum atomic E-state index is -2.73. The van der Waals surface area contributed by atoms with E-state index >= 15 is 0 Å². The van der Waals surface area contributed by atoms with Crippen LogP contribution in [-0.2, 0) is 16.0 Å². The van der Waals surface area contributed by atoms with Gasteiger partial charge in [0.25, 0.3) is 5.91 Å². The summed E-state index contributed by atoms with van der Waals surface area (Å²) in [6, 6.07) is 0.0977. The largest absolute Gasteiger partial charge is 0.510 e. The smallest absolute Gasteiger partial charge is 0.255 e. The van der Waals surface area contributed by atoms with Crippen LogP contribution >= 0.6 is 0 Å². The average Bonchev–Trinajstić information content (AvgIpc) is 3.36. The van der Waals surface area contributed by atoms with Gasteiger partial charge in [-0.05, 0) is 51.3 Å². The number of benzene rings is 1. The molecule has 5 rings (SSSR count). The predicted molar refractivity (Wildman–Crippen MR) is 138 cm³/mol. The van der Waals surface area contributed by atoms with Gasteiger partial charge < -0.3 is 41.9 Å². The quantitative estimate of drug-likeness (QED) is 0.236. The van der Waals surface area contributed by atoms with Crippen LogP contribution < -0.4 is 21.5 Å². The zero-order valence-electron chi connectivity index (χ0n) is 21.9. The van der Waals surface area contributed by atoms with Crippen LogP contribution in [0.3, 0.4) is 0 Å². The standard InChI is InChI=1S/C27H34N4O8/c1-30-5-7-31-6-3-4-15(31)12-10-16(32)18-13(23(12)39-2)8-11-9-14-20(28)22(34)19(26(29)37)25(36)27(14,38)24(35)17(11)21(18)33/h10-11,14-15,20,30,32,34-35,38H,3-9,28H2,1-2H3,(H2,29,37)/t11-,14-,15-,20-,27-/m0/s1. The molecule has 1 fully saturated rings. The lowest BCUT2D eigenvalue weighted by Crippen LogP contribution is -2.63. The summed E-state index contributed by atoms with van der Waals surface area (Å²) in [4.78, 5) is 41.2. The number of nitrogens with two attached hydrogens (primary N) is 2. The summed E-state index contributed by atoms with van der Waals surface area (Å²) in [6.07, 6.45) is 1.90. The molecule has 1 aliphatic heterocycles. The van der Waals surface area contributed by atoms with Crippen molar-refractivity contribution in [3.63, 3.8) is 0 Å². The highest BCUT2D eigenvalue weighted by Crippen LogP contribution is 2.53. The Bertz CT molecular complexity index is 1340. The van der Waals surface area contributed by atoms with Gasteiger partial charge >= 0.3 is 0 Å². The number of nitrogens with one attached hydrogen (secondary N) is 1. The van der Waals surface area contributed by atoms with Gasteiger partial charge in [0, 0.05) is 41.7 Å². The van der Waals surface area contributed by atoms with Crippen LogP contribution in [0, 0.1) is 11.8 Å². The second-order valence-corrected chi connectivity index (χ2v) is 10.7. The van der Waals surface area contributed by atoms with Gasteiger partial charge in [0.15, 0.2) is 11.4 Å². The number of amides is 1. The van der Waals surface area contributed by atoms with Gasteiger partial charge in [0.05, 0.1) is 18.7 Å². The van der Waals surface area contributed by atoms with E-state index in [1.165, 1.54) is 13.2 Å². The number of aliphatic hydroxyl groups excluding tert-OH is 2. The predicted octanol–water partition coefficient (Wildman–Crippen LogP) is -0.117. The summed E-state index contributed by atoms with van der Waals surface area (Å²) >= 11 is 0. The number of likely N-dealkylation sites (N-methyl/N-ethyl adjacent to an activating group) is 1. The van der Waals surface area contributed by atoms with Crippen molar-refractivity contribution in [2.75, 3.05) is 33.8 Å². The third-order valence-corrected chi connectivity index (χ3v) is 8.81. The normalized spacial score (nSPS) is 30.8. The first-order valence-electron chi connectivity index (χ1n) is 13.0. The number of carbonyl (C=O) groups is 3. The Kier molecular flexibility index (Phi) is 6.70. The van der Waals surface area contributed by atoms with Gasteiger partial charge in [-0.2, -0.15) is 0 Å². The Labute approximate surface area is 224 Å². The van der Waals surface area contributed by atoms with Crippen molar-refractivity contribution in [1.82, 2.24) is 10.2 Å².